The number of rotatable bonds is 8. The number of unbranched alkanes of at least 4 members (excludes halogenated alkanes) is 2. The van der Waals surface area contributed by atoms with Gasteiger partial charge in [0.1, 0.15) is 0 Å². The van der Waals surface area contributed by atoms with Crippen molar-refractivity contribution in [3.8, 4) is 0 Å². The summed E-state index contributed by atoms with van der Waals surface area (Å²) in [5.41, 5.74) is 0. The van der Waals surface area contributed by atoms with Crippen molar-refractivity contribution < 1.29 is 4.21 Å². The molecule has 0 aromatic heterocycles. The number of hydrogen-bond acceptors (Lipinski definition) is 2. The van der Waals surface area contributed by atoms with Crippen molar-refractivity contribution in [3.05, 3.63) is 0 Å². The molecule has 0 aliphatic rings. The molecule has 0 fully saturated rings. The van der Waals surface area contributed by atoms with Gasteiger partial charge in [0.05, 0.1) is 0 Å². The van der Waals surface area contributed by atoms with Crippen molar-refractivity contribution in [3.63, 3.8) is 0 Å². The Morgan fingerprint density at radius 3 is 2.36 bits per heavy atom. The van der Waals surface area contributed by atoms with Crippen LogP contribution in [0.25, 0.3) is 0 Å². The van der Waals surface area contributed by atoms with Gasteiger partial charge in [0.2, 0.25) is 0 Å². The lowest BCUT2D eigenvalue weighted by atomic mass is 10.2. The lowest BCUT2D eigenvalue weighted by Crippen LogP contribution is -2.38. The topological polar surface area (TPSA) is 29.1 Å². The Labute approximate surface area is 91.3 Å². The van der Waals surface area contributed by atoms with E-state index in [1.54, 1.807) is 0 Å². The second-order valence-corrected chi connectivity index (χ2v) is 5.76. The average Bonchev–Trinajstić information content (AvgIpc) is 2.17. The average molecular weight is 219 g/mol. The quantitative estimate of drug-likeness (QED) is 0.635. The standard InChI is InChI=1S/C11H25NOS/c1-5-7-8-9-14(13)11(4)10(3)12-6-2/h10-12H,5-9H2,1-4H3. The van der Waals surface area contributed by atoms with Crippen molar-refractivity contribution in [2.45, 2.75) is 58.2 Å². The zero-order chi connectivity index (χ0) is 11.0. The van der Waals surface area contributed by atoms with Gasteiger partial charge in [-0.3, -0.25) is 4.21 Å². The first-order chi connectivity index (χ1) is 6.63. The molecule has 0 rings (SSSR count). The molecular weight excluding hydrogens is 194 g/mol. The monoisotopic (exact) mass is 219 g/mol. The van der Waals surface area contributed by atoms with Crippen molar-refractivity contribution in [1.82, 2.24) is 5.32 Å². The highest BCUT2D eigenvalue weighted by atomic mass is 32.2. The van der Waals surface area contributed by atoms with Crippen LogP contribution in [0.2, 0.25) is 0 Å². The zero-order valence-electron chi connectivity index (χ0n) is 10.0. The summed E-state index contributed by atoms with van der Waals surface area (Å²) >= 11 is 0. The molecule has 0 aliphatic heterocycles. The van der Waals surface area contributed by atoms with Crippen molar-refractivity contribution >= 4 is 10.8 Å². The SMILES string of the molecule is CCCCCS(=O)C(C)C(C)NCC. The Balaban J connectivity index is 3.74. The summed E-state index contributed by atoms with van der Waals surface area (Å²) in [6, 6.07) is 0.363. The highest BCUT2D eigenvalue weighted by Gasteiger charge is 2.16. The molecular formula is C11H25NOS. The van der Waals surface area contributed by atoms with Crippen LogP contribution in [-0.2, 0) is 10.8 Å². The molecule has 0 spiro atoms. The maximum atomic E-state index is 11.8. The predicted molar refractivity (Wildman–Crippen MR) is 65.1 cm³/mol. The van der Waals surface area contributed by atoms with Crippen molar-refractivity contribution in [2.75, 3.05) is 12.3 Å². The van der Waals surface area contributed by atoms with E-state index in [-0.39, 0.29) is 5.25 Å². The third-order valence-corrected chi connectivity index (χ3v) is 4.52. The van der Waals surface area contributed by atoms with Gasteiger partial charge in [-0.25, -0.2) is 0 Å². The summed E-state index contributed by atoms with van der Waals surface area (Å²) in [5, 5.41) is 3.59. The van der Waals surface area contributed by atoms with Gasteiger partial charge in [-0.2, -0.15) is 0 Å². The molecule has 86 valence electrons. The molecule has 0 radical (unpaired) electrons. The molecule has 3 atom stereocenters. The molecule has 2 nitrogen and oxygen atoms in total. The van der Waals surface area contributed by atoms with Gasteiger partial charge in [0, 0.05) is 27.8 Å². The summed E-state index contributed by atoms with van der Waals surface area (Å²) in [4.78, 5) is 0. The third kappa shape index (κ3) is 5.76. The molecule has 0 aliphatic carbocycles. The first-order valence-corrected chi connectivity index (χ1v) is 7.12. The molecule has 3 unspecified atom stereocenters. The summed E-state index contributed by atoms with van der Waals surface area (Å²) in [7, 11) is -0.660. The molecule has 0 amide bonds. The maximum Gasteiger partial charge on any atom is 0.0470 e. The van der Waals surface area contributed by atoms with Crippen LogP contribution in [0, 0.1) is 0 Å². The smallest absolute Gasteiger partial charge is 0.0470 e. The second kappa shape index (κ2) is 8.42. The van der Waals surface area contributed by atoms with Crippen molar-refractivity contribution in [2.24, 2.45) is 0 Å². The Morgan fingerprint density at radius 1 is 1.21 bits per heavy atom. The van der Waals surface area contributed by atoms with Gasteiger partial charge in [0.15, 0.2) is 0 Å². The van der Waals surface area contributed by atoms with Crippen molar-refractivity contribution in [1.29, 1.82) is 0 Å². The Hall–Kier alpha value is 0.110. The predicted octanol–water partition coefficient (Wildman–Crippen LogP) is 2.31. The van der Waals surface area contributed by atoms with E-state index in [0.29, 0.717) is 6.04 Å². The molecule has 0 bridgehead atoms. The van der Waals surface area contributed by atoms with E-state index in [1.807, 2.05) is 0 Å². The van der Waals surface area contributed by atoms with Crippen LogP contribution >= 0.6 is 0 Å². The Kier molecular flexibility index (Phi) is 8.49. The van der Waals surface area contributed by atoms with E-state index in [0.717, 1.165) is 18.7 Å². The van der Waals surface area contributed by atoms with E-state index in [9.17, 15) is 4.21 Å². The molecule has 0 saturated heterocycles. The first kappa shape index (κ1) is 14.1. The van der Waals surface area contributed by atoms with E-state index in [1.165, 1.54) is 12.8 Å². The molecule has 0 heterocycles. The van der Waals surface area contributed by atoms with E-state index < -0.39 is 10.8 Å². The lowest BCUT2D eigenvalue weighted by Gasteiger charge is -2.19. The third-order valence-electron chi connectivity index (χ3n) is 2.59. The molecule has 0 saturated carbocycles. The molecule has 0 aromatic carbocycles. The van der Waals surface area contributed by atoms with E-state index in [4.69, 9.17) is 0 Å². The van der Waals surface area contributed by atoms with Crippen LogP contribution in [0.1, 0.15) is 47.0 Å². The summed E-state index contributed by atoms with van der Waals surface area (Å²) in [6.07, 6.45) is 3.51. The lowest BCUT2D eigenvalue weighted by molar-refractivity contribution is 0.549. The molecule has 14 heavy (non-hydrogen) atoms. The number of hydrogen-bond donors (Lipinski definition) is 1. The van der Waals surface area contributed by atoms with Crippen LogP contribution in [0.5, 0.6) is 0 Å². The molecule has 0 aromatic rings. The van der Waals surface area contributed by atoms with Gasteiger partial charge in [-0.15, -0.1) is 0 Å². The minimum atomic E-state index is -0.660. The van der Waals surface area contributed by atoms with Gasteiger partial charge in [-0.1, -0.05) is 26.7 Å². The number of nitrogens with one attached hydrogen (secondary N) is 1. The second-order valence-electron chi connectivity index (χ2n) is 3.84. The van der Waals surface area contributed by atoms with Gasteiger partial charge in [0.25, 0.3) is 0 Å². The maximum absolute atomic E-state index is 11.8. The van der Waals surface area contributed by atoms with Crippen LogP contribution in [-0.4, -0.2) is 27.8 Å². The van der Waals surface area contributed by atoms with Crippen LogP contribution in [0.15, 0.2) is 0 Å². The van der Waals surface area contributed by atoms with E-state index in [2.05, 4.69) is 33.0 Å². The first-order valence-electron chi connectivity index (χ1n) is 5.74. The zero-order valence-corrected chi connectivity index (χ0v) is 10.8. The Bertz CT molecular complexity index is 161. The Morgan fingerprint density at radius 2 is 1.86 bits per heavy atom. The van der Waals surface area contributed by atoms with Crippen LogP contribution in [0.4, 0.5) is 0 Å². The highest BCUT2D eigenvalue weighted by Crippen LogP contribution is 2.05. The minimum absolute atomic E-state index is 0.270. The fourth-order valence-electron chi connectivity index (χ4n) is 1.40. The highest BCUT2D eigenvalue weighted by molar-refractivity contribution is 7.85. The van der Waals surface area contributed by atoms with Gasteiger partial charge in [-0.05, 0) is 26.8 Å². The molecule has 1 N–H and O–H groups in total. The van der Waals surface area contributed by atoms with Gasteiger partial charge < -0.3 is 5.32 Å². The summed E-state index contributed by atoms with van der Waals surface area (Å²) < 4.78 is 11.8. The fraction of sp³-hybridized carbons (Fsp3) is 1.00. The summed E-state index contributed by atoms with van der Waals surface area (Å²) in [5.74, 6) is 0.866. The van der Waals surface area contributed by atoms with Crippen LogP contribution < -0.4 is 5.32 Å². The fourth-order valence-corrected chi connectivity index (χ4v) is 2.81. The largest absolute Gasteiger partial charge is 0.313 e. The summed E-state index contributed by atoms with van der Waals surface area (Å²) in [6.45, 7) is 9.41. The minimum Gasteiger partial charge on any atom is -0.313 e. The van der Waals surface area contributed by atoms with Crippen LogP contribution in [0.3, 0.4) is 0 Å². The normalized spacial score (nSPS) is 17.7. The van der Waals surface area contributed by atoms with Gasteiger partial charge >= 0.3 is 0 Å². The molecule has 3 heteroatoms. The van der Waals surface area contributed by atoms with E-state index >= 15 is 0 Å².